The van der Waals surface area contributed by atoms with E-state index in [4.69, 9.17) is 18.0 Å². The number of nitrogens with zero attached hydrogens (tertiary/aromatic N) is 1. The number of nitrogens with one attached hydrogen (secondary N) is 1. The van der Waals surface area contributed by atoms with E-state index in [0.717, 1.165) is 22.7 Å². The van der Waals surface area contributed by atoms with Crippen LogP contribution in [0.4, 0.5) is 10.1 Å². The third kappa shape index (κ3) is 3.96. The molecule has 0 unspecified atom stereocenters. The van der Waals surface area contributed by atoms with Crippen LogP contribution in [0.5, 0.6) is 0 Å². The van der Waals surface area contributed by atoms with Crippen molar-refractivity contribution in [2.45, 2.75) is 19.9 Å². The van der Waals surface area contributed by atoms with Crippen LogP contribution in [0.2, 0.25) is 0 Å². The van der Waals surface area contributed by atoms with Crippen LogP contribution in [0.1, 0.15) is 25.5 Å². The van der Waals surface area contributed by atoms with Crippen molar-refractivity contribution in [3.63, 3.8) is 0 Å². The van der Waals surface area contributed by atoms with Gasteiger partial charge in [-0.15, -0.1) is 0 Å². The molecule has 1 heterocycles. The number of aromatic nitrogens is 1. The van der Waals surface area contributed by atoms with Gasteiger partial charge < -0.3 is 10.3 Å². The number of halogens is 1. The summed E-state index contributed by atoms with van der Waals surface area (Å²) in [6, 6.07) is 10.2. The van der Waals surface area contributed by atoms with E-state index >= 15 is 0 Å². The highest BCUT2D eigenvalue weighted by Crippen LogP contribution is 2.35. The van der Waals surface area contributed by atoms with Gasteiger partial charge in [-0.3, -0.25) is 4.72 Å². The second kappa shape index (κ2) is 6.94. The number of sulfonamides is 1. The first-order valence-electron chi connectivity index (χ1n) is 8.29. The van der Waals surface area contributed by atoms with Gasteiger partial charge in [0, 0.05) is 28.8 Å². The summed E-state index contributed by atoms with van der Waals surface area (Å²) in [5, 5.41) is 0.894. The molecule has 5 nitrogen and oxygen atoms in total. The normalized spacial score (nSPS) is 11.9. The molecule has 0 fully saturated rings. The van der Waals surface area contributed by atoms with E-state index < -0.39 is 15.8 Å². The Bertz CT molecular complexity index is 1150. The number of hydrogen-bond acceptors (Lipinski definition) is 3. The van der Waals surface area contributed by atoms with Crippen LogP contribution in [0.15, 0.2) is 42.6 Å². The quantitative estimate of drug-likeness (QED) is 0.628. The molecule has 0 atom stereocenters. The minimum atomic E-state index is -3.38. The fourth-order valence-corrected chi connectivity index (χ4v) is 3.79. The van der Waals surface area contributed by atoms with E-state index in [-0.39, 0.29) is 16.6 Å². The van der Waals surface area contributed by atoms with Gasteiger partial charge in [-0.25, -0.2) is 12.8 Å². The third-order valence-electron chi connectivity index (χ3n) is 4.24. The Morgan fingerprint density at radius 3 is 2.48 bits per heavy atom. The maximum atomic E-state index is 14.4. The van der Waals surface area contributed by atoms with Crippen molar-refractivity contribution in [1.82, 2.24) is 4.57 Å². The van der Waals surface area contributed by atoms with Crippen molar-refractivity contribution in [3.05, 3.63) is 54.0 Å². The molecule has 0 bridgehead atoms. The molecule has 3 rings (SSSR count). The maximum absolute atomic E-state index is 14.4. The lowest BCUT2D eigenvalue weighted by molar-refractivity contribution is 0.607. The fourth-order valence-electron chi connectivity index (χ4n) is 3.07. The Morgan fingerprint density at radius 1 is 1.22 bits per heavy atom. The van der Waals surface area contributed by atoms with E-state index in [1.54, 1.807) is 24.3 Å². The molecule has 1 aromatic heterocycles. The largest absolute Gasteiger partial charge is 0.389 e. The molecule has 0 aliphatic carbocycles. The first-order valence-corrected chi connectivity index (χ1v) is 10.6. The zero-order valence-corrected chi connectivity index (χ0v) is 16.8. The van der Waals surface area contributed by atoms with Crippen molar-refractivity contribution >= 4 is 43.8 Å². The number of nitrogens with two attached hydrogens (primary N) is 1. The monoisotopic (exact) mass is 405 g/mol. The van der Waals surface area contributed by atoms with E-state index in [9.17, 15) is 12.8 Å². The van der Waals surface area contributed by atoms with Gasteiger partial charge in [0.05, 0.1) is 17.5 Å². The number of anilines is 1. The molecular weight excluding hydrogens is 385 g/mol. The average molecular weight is 406 g/mol. The molecule has 3 aromatic rings. The highest BCUT2D eigenvalue weighted by atomic mass is 32.2. The standard InChI is InChI=1S/C19H20FN3O2S2/c1-11(2)23-10-16(12-4-6-15(19(21)26)17(20)8-12)14-7-5-13(9-18(14)23)22-27(3,24)25/h4-11,22H,1-3H3,(H2,21,26). The number of benzene rings is 2. The SMILES string of the molecule is CC(C)n1cc(-c2ccc(C(N)=S)c(F)c2)c2ccc(NS(C)(=O)=O)cc21. The molecule has 27 heavy (non-hydrogen) atoms. The van der Waals surface area contributed by atoms with E-state index in [2.05, 4.69) is 4.72 Å². The van der Waals surface area contributed by atoms with Crippen LogP contribution < -0.4 is 10.5 Å². The van der Waals surface area contributed by atoms with Crippen LogP contribution in [-0.2, 0) is 10.0 Å². The van der Waals surface area contributed by atoms with E-state index in [1.807, 2.05) is 30.7 Å². The summed E-state index contributed by atoms with van der Waals surface area (Å²) < 4.78 is 41.9. The number of thiocarbonyl (C=S) groups is 1. The van der Waals surface area contributed by atoms with Gasteiger partial charge in [-0.1, -0.05) is 24.4 Å². The second-order valence-corrected chi connectivity index (χ2v) is 8.90. The smallest absolute Gasteiger partial charge is 0.229 e. The first-order chi connectivity index (χ1) is 12.6. The summed E-state index contributed by atoms with van der Waals surface area (Å²) in [7, 11) is -3.38. The average Bonchev–Trinajstić information content (AvgIpc) is 2.91. The summed E-state index contributed by atoms with van der Waals surface area (Å²) in [5.41, 5.74) is 8.62. The summed E-state index contributed by atoms with van der Waals surface area (Å²) in [6.07, 6.45) is 3.05. The molecule has 0 saturated heterocycles. The fraction of sp³-hybridized carbons (Fsp3) is 0.211. The molecule has 0 spiro atoms. The van der Waals surface area contributed by atoms with Gasteiger partial charge in [0.25, 0.3) is 0 Å². The van der Waals surface area contributed by atoms with Gasteiger partial charge in [-0.05, 0) is 43.7 Å². The first kappa shape index (κ1) is 19.3. The highest BCUT2D eigenvalue weighted by molar-refractivity contribution is 7.92. The summed E-state index contributed by atoms with van der Waals surface area (Å²) >= 11 is 4.86. The van der Waals surface area contributed by atoms with Gasteiger partial charge in [-0.2, -0.15) is 0 Å². The molecule has 0 saturated carbocycles. The zero-order valence-electron chi connectivity index (χ0n) is 15.2. The molecule has 8 heteroatoms. The van der Waals surface area contributed by atoms with Gasteiger partial charge in [0.2, 0.25) is 10.0 Å². The molecule has 3 N–H and O–H groups in total. The Labute approximate surface area is 163 Å². The topological polar surface area (TPSA) is 77.1 Å². The molecule has 142 valence electrons. The summed E-state index contributed by atoms with van der Waals surface area (Å²) in [6.45, 7) is 4.05. The minimum absolute atomic E-state index is 0.0140. The third-order valence-corrected chi connectivity index (χ3v) is 5.07. The Morgan fingerprint density at radius 2 is 1.93 bits per heavy atom. The van der Waals surface area contributed by atoms with Gasteiger partial charge in [0.15, 0.2) is 0 Å². The molecule has 0 aliphatic rings. The van der Waals surface area contributed by atoms with Crippen LogP contribution in [0.3, 0.4) is 0 Å². The Kier molecular flexibility index (Phi) is 4.96. The molecular formula is C19H20FN3O2S2. The zero-order chi connectivity index (χ0) is 19.9. The lowest BCUT2D eigenvalue weighted by Crippen LogP contribution is -2.11. The molecule has 0 radical (unpaired) electrons. The lowest BCUT2D eigenvalue weighted by atomic mass is 10.0. The lowest BCUT2D eigenvalue weighted by Gasteiger charge is -2.10. The Hall–Kier alpha value is -2.45. The van der Waals surface area contributed by atoms with Crippen molar-refractivity contribution in [1.29, 1.82) is 0 Å². The van der Waals surface area contributed by atoms with Crippen molar-refractivity contribution in [2.75, 3.05) is 11.0 Å². The van der Waals surface area contributed by atoms with Crippen LogP contribution in [0, 0.1) is 5.82 Å². The second-order valence-electron chi connectivity index (χ2n) is 6.71. The number of rotatable bonds is 5. The Balaban J connectivity index is 2.19. The predicted molar refractivity (Wildman–Crippen MR) is 112 cm³/mol. The maximum Gasteiger partial charge on any atom is 0.229 e. The highest BCUT2D eigenvalue weighted by Gasteiger charge is 2.15. The minimum Gasteiger partial charge on any atom is -0.389 e. The molecule has 0 amide bonds. The molecule has 0 aliphatic heterocycles. The van der Waals surface area contributed by atoms with Gasteiger partial charge in [0.1, 0.15) is 10.8 Å². The van der Waals surface area contributed by atoms with Crippen LogP contribution in [-0.4, -0.2) is 24.2 Å². The number of fused-ring (bicyclic) bond motifs is 1. The van der Waals surface area contributed by atoms with E-state index in [0.29, 0.717) is 11.3 Å². The molecule has 2 aromatic carbocycles. The van der Waals surface area contributed by atoms with Crippen molar-refractivity contribution < 1.29 is 12.8 Å². The number of hydrogen-bond donors (Lipinski definition) is 2. The van der Waals surface area contributed by atoms with Crippen molar-refractivity contribution in [2.24, 2.45) is 5.73 Å². The predicted octanol–water partition coefficient (Wildman–Crippen LogP) is 4.03. The van der Waals surface area contributed by atoms with Gasteiger partial charge >= 0.3 is 0 Å². The van der Waals surface area contributed by atoms with Crippen molar-refractivity contribution in [3.8, 4) is 11.1 Å². The summed E-state index contributed by atoms with van der Waals surface area (Å²) in [5.74, 6) is -0.471. The van der Waals surface area contributed by atoms with E-state index in [1.165, 1.54) is 6.07 Å². The summed E-state index contributed by atoms with van der Waals surface area (Å²) in [4.78, 5) is 0.0140. The van der Waals surface area contributed by atoms with Crippen LogP contribution >= 0.6 is 12.2 Å². The van der Waals surface area contributed by atoms with Crippen LogP contribution in [0.25, 0.3) is 22.0 Å².